The van der Waals surface area contributed by atoms with Gasteiger partial charge in [-0.2, -0.15) is 0 Å². The number of aromatic nitrogens is 1. The summed E-state index contributed by atoms with van der Waals surface area (Å²) in [6.07, 6.45) is 0. The van der Waals surface area contributed by atoms with Crippen LogP contribution in [0.1, 0.15) is 42.3 Å². The molecule has 170 valence electrons. The van der Waals surface area contributed by atoms with E-state index in [1.165, 1.54) is 35.6 Å². The number of nitrogens with two attached hydrogens (primary N) is 1. The van der Waals surface area contributed by atoms with Gasteiger partial charge < -0.3 is 15.9 Å². The van der Waals surface area contributed by atoms with Crippen LogP contribution in [-0.4, -0.2) is 37.3 Å². The van der Waals surface area contributed by atoms with Crippen LogP contribution in [0.4, 0.5) is 11.5 Å². The van der Waals surface area contributed by atoms with Crippen molar-refractivity contribution in [3.05, 3.63) is 98.7 Å². The van der Waals surface area contributed by atoms with Crippen LogP contribution in [0.3, 0.4) is 0 Å². The smallest absolute Gasteiger partial charge is 0.338 e. The largest absolute Gasteiger partial charge is 0.478 e. The molecule has 2 heterocycles. The van der Waals surface area contributed by atoms with Crippen LogP contribution in [0.25, 0.3) is 16.6 Å². The van der Waals surface area contributed by atoms with Crippen molar-refractivity contribution in [3.63, 3.8) is 0 Å². The average Bonchev–Trinajstić information content (AvgIpc) is 3.15. The topological polar surface area (TPSA) is 165 Å². The average molecular weight is 459 g/mol. The molecule has 0 radical (unpaired) electrons. The van der Waals surface area contributed by atoms with Crippen molar-refractivity contribution in [1.29, 1.82) is 0 Å². The monoisotopic (exact) mass is 459 g/mol. The lowest BCUT2D eigenvalue weighted by Gasteiger charge is -2.17. The summed E-state index contributed by atoms with van der Waals surface area (Å²) in [5.41, 5.74) is 4.51. The number of nitro groups is 1. The molecule has 0 spiro atoms. The van der Waals surface area contributed by atoms with Gasteiger partial charge in [-0.25, -0.2) is 9.59 Å². The Hall–Kier alpha value is -4.99. The Bertz CT molecular complexity index is 1520. The first-order chi connectivity index (χ1) is 16.1. The molecule has 0 bridgehead atoms. The Kier molecular flexibility index (Phi) is 5.34. The first-order valence-electron chi connectivity index (χ1n) is 9.92. The zero-order chi connectivity index (χ0) is 24.7. The fraction of sp³-hybridized carbons (Fsp3) is 0.0417. The standard InChI is InChI=1S/C24H17N3O7/c1-12-18(23(29)30)19(14-9-5-6-10-16(14)27(33)34)20(24(31)32)17-11-15(22(25)26(12)17)21(28)13-7-3-2-4-8-13/h2-11H,25H2,1H3,(H,29,30)(H,31,32). The molecule has 4 aromatic rings. The van der Waals surface area contributed by atoms with Crippen molar-refractivity contribution in [2.24, 2.45) is 0 Å². The van der Waals surface area contributed by atoms with Crippen LogP contribution >= 0.6 is 0 Å². The van der Waals surface area contributed by atoms with E-state index in [4.69, 9.17) is 5.73 Å². The molecule has 0 amide bonds. The number of nitro benzene ring substituents is 1. The van der Waals surface area contributed by atoms with E-state index in [9.17, 15) is 34.7 Å². The van der Waals surface area contributed by atoms with Crippen LogP contribution < -0.4 is 5.73 Å². The van der Waals surface area contributed by atoms with Gasteiger partial charge in [0.15, 0.2) is 5.78 Å². The molecule has 10 heteroatoms. The molecule has 0 aliphatic carbocycles. The van der Waals surface area contributed by atoms with Gasteiger partial charge >= 0.3 is 11.9 Å². The van der Waals surface area contributed by atoms with Gasteiger partial charge in [-0.15, -0.1) is 0 Å². The first kappa shape index (κ1) is 22.2. The van der Waals surface area contributed by atoms with Gasteiger partial charge in [-0.3, -0.25) is 19.3 Å². The highest BCUT2D eigenvalue weighted by molar-refractivity contribution is 6.16. The van der Waals surface area contributed by atoms with Crippen molar-refractivity contribution >= 4 is 34.7 Å². The molecule has 4 N–H and O–H groups in total. The fourth-order valence-electron chi connectivity index (χ4n) is 4.14. The molecular weight excluding hydrogens is 442 g/mol. The number of hydrogen-bond acceptors (Lipinski definition) is 6. The number of nitrogens with zero attached hydrogens (tertiary/aromatic N) is 2. The second-order valence-corrected chi connectivity index (χ2v) is 7.45. The number of nitrogen functional groups attached to an aromatic ring is 1. The van der Waals surface area contributed by atoms with Gasteiger partial charge in [0.2, 0.25) is 0 Å². The summed E-state index contributed by atoms with van der Waals surface area (Å²) >= 11 is 0. The highest BCUT2D eigenvalue weighted by atomic mass is 16.6. The molecule has 0 fully saturated rings. The van der Waals surface area contributed by atoms with Crippen LogP contribution in [0.2, 0.25) is 0 Å². The van der Waals surface area contributed by atoms with E-state index in [0.29, 0.717) is 5.56 Å². The van der Waals surface area contributed by atoms with Crippen LogP contribution in [-0.2, 0) is 0 Å². The van der Waals surface area contributed by atoms with E-state index < -0.39 is 39.5 Å². The summed E-state index contributed by atoms with van der Waals surface area (Å²) in [6.45, 7) is 1.40. The minimum absolute atomic E-state index is 0.0188. The number of aryl methyl sites for hydroxylation is 1. The molecule has 0 aliphatic heterocycles. The molecule has 34 heavy (non-hydrogen) atoms. The highest BCUT2D eigenvalue weighted by Crippen LogP contribution is 2.40. The third kappa shape index (κ3) is 3.34. The number of anilines is 1. The zero-order valence-corrected chi connectivity index (χ0v) is 17.7. The SMILES string of the molecule is Cc1c(C(=O)O)c(-c2ccccc2[N+](=O)[O-])c(C(=O)O)c2cc(C(=O)c3ccccc3)c(N)n12. The summed E-state index contributed by atoms with van der Waals surface area (Å²) in [4.78, 5) is 48.8. The Morgan fingerprint density at radius 2 is 1.53 bits per heavy atom. The van der Waals surface area contributed by atoms with Crippen LogP contribution in [0.15, 0.2) is 60.7 Å². The molecular formula is C24H17N3O7. The number of carbonyl (C=O) groups is 3. The number of aromatic carboxylic acids is 2. The quantitative estimate of drug-likeness (QED) is 0.221. The fourth-order valence-corrected chi connectivity index (χ4v) is 4.14. The normalized spacial score (nSPS) is 10.9. The Balaban J connectivity index is 2.18. The number of rotatable bonds is 6. The number of para-hydroxylation sites is 1. The zero-order valence-electron chi connectivity index (χ0n) is 17.7. The van der Waals surface area contributed by atoms with Gasteiger partial charge in [0.05, 0.1) is 32.7 Å². The molecule has 0 saturated heterocycles. The Morgan fingerprint density at radius 3 is 2.12 bits per heavy atom. The molecule has 0 unspecified atom stereocenters. The summed E-state index contributed by atoms with van der Waals surface area (Å²) in [6, 6.07) is 14.7. The number of fused-ring (bicyclic) bond motifs is 1. The molecule has 2 aromatic heterocycles. The van der Waals surface area contributed by atoms with E-state index in [2.05, 4.69) is 0 Å². The maximum Gasteiger partial charge on any atom is 0.338 e. The predicted octanol–water partition coefficient (Wildman–Crippen LogP) is 4.03. The van der Waals surface area contributed by atoms with Crippen molar-refractivity contribution in [1.82, 2.24) is 4.40 Å². The molecule has 0 saturated carbocycles. The van der Waals surface area contributed by atoms with E-state index in [1.54, 1.807) is 30.3 Å². The highest BCUT2D eigenvalue weighted by Gasteiger charge is 2.32. The third-order valence-corrected chi connectivity index (χ3v) is 5.57. The number of pyridine rings is 1. The summed E-state index contributed by atoms with van der Waals surface area (Å²) in [5.74, 6) is -3.65. The Labute approximate surface area is 191 Å². The molecule has 2 aromatic carbocycles. The van der Waals surface area contributed by atoms with Gasteiger partial charge in [0.25, 0.3) is 5.69 Å². The third-order valence-electron chi connectivity index (χ3n) is 5.57. The van der Waals surface area contributed by atoms with E-state index >= 15 is 0 Å². The Morgan fingerprint density at radius 1 is 0.941 bits per heavy atom. The van der Waals surface area contributed by atoms with Crippen molar-refractivity contribution in [3.8, 4) is 11.1 Å². The van der Waals surface area contributed by atoms with Gasteiger partial charge in [0.1, 0.15) is 5.82 Å². The minimum atomic E-state index is -1.53. The summed E-state index contributed by atoms with van der Waals surface area (Å²) in [7, 11) is 0. The summed E-state index contributed by atoms with van der Waals surface area (Å²) < 4.78 is 1.18. The van der Waals surface area contributed by atoms with Crippen molar-refractivity contribution < 1.29 is 29.5 Å². The molecule has 10 nitrogen and oxygen atoms in total. The molecule has 0 aliphatic rings. The maximum absolute atomic E-state index is 13.1. The lowest BCUT2D eigenvalue weighted by molar-refractivity contribution is -0.384. The van der Waals surface area contributed by atoms with Crippen LogP contribution in [0, 0.1) is 17.0 Å². The number of carbonyl (C=O) groups excluding carboxylic acids is 1. The number of carboxylic acids is 2. The van der Waals surface area contributed by atoms with Crippen molar-refractivity contribution in [2.75, 3.05) is 5.73 Å². The minimum Gasteiger partial charge on any atom is -0.478 e. The predicted molar refractivity (Wildman–Crippen MR) is 122 cm³/mol. The molecule has 0 atom stereocenters. The summed E-state index contributed by atoms with van der Waals surface area (Å²) in [5, 5.41) is 31.8. The first-order valence-corrected chi connectivity index (χ1v) is 9.92. The number of benzene rings is 2. The second-order valence-electron chi connectivity index (χ2n) is 7.45. The lowest BCUT2D eigenvalue weighted by Crippen LogP contribution is -2.15. The van der Waals surface area contributed by atoms with Crippen LogP contribution in [0.5, 0.6) is 0 Å². The molecule has 4 rings (SSSR count). The second kappa shape index (κ2) is 8.17. The number of ketones is 1. The van der Waals surface area contributed by atoms with Gasteiger partial charge in [-0.05, 0) is 19.1 Å². The van der Waals surface area contributed by atoms with Gasteiger partial charge in [-0.1, -0.05) is 42.5 Å². The van der Waals surface area contributed by atoms with E-state index in [-0.39, 0.29) is 33.7 Å². The maximum atomic E-state index is 13.1. The lowest BCUT2D eigenvalue weighted by atomic mass is 9.92. The number of hydrogen-bond donors (Lipinski definition) is 3. The van der Waals surface area contributed by atoms with Gasteiger partial charge in [0, 0.05) is 22.9 Å². The van der Waals surface area contributed by atoms with E-state index in [1.807, 2.05) is 0 Å². The number of carboxylic acid groups (broad SMARTS) is 2. The van der Waals surface area contributed by atoms with E-state index in [0.717, 1.165) is 6.07 Å². The van der Waals surface area contributed by atoms with Crippen molar-refractivity contribution in [2.45, 2.75) is 6.92 Å².